The molecule has 0 radical (unpaired) electrons. The normalized spacial score (nSPS) is 19.7. The molecule has 2 rings (SSSR count). The van der Waals surface area contributed by atoms with Gasteiger partial charge in [-0.2, -0.15) is 0 Å². The van der Waals surface area contributed by atoms with Crippen LogP contribution in [0.4, 0.5) is 0 Å². The maximum atomic E-state index is 6.38. The average molecular weight is 288 g/mol. The first kappa shape index (κ1) is 16.5. The van der Waals surface area contributed by atoms with Crippen LogP contribution in [-0.2, 0) is 0 Å². The molecule has 118 valence electrons. The predicted octanol–water partition coefficient (Wildman–Crippen LogP) is 4.14. The Hall–Kier alpha value is -0.860. The first-order valence-electron chi connectivity index (χ1n) is 8.41. The molecule has 1 unspecified atom stereocenters. The fourth-order valence-electron chi connectivity index (χ4n) is 3.50. The minimum atomic E-state index is 0.173. The van der Waals surface area contributed by atoms with Gasteiger partial charge in [-0.25, -0.2) is 0 Å². The van der Waals surface area contributed by atoms with Gasteiger partial charge in [0.05, 0.1) is 0 Å². The van der Waals surface area contributed by atoms with Gasteiger partial charge in [0.25, 0.3) is 0 Å². The maximum Gasteiger partial charge on any atom is 0.0309 e. The van der Waals surface area contributed by atoms with E-state index in [1.807, 2.05) is 0 Å². The summed E-state index contributed by atoms with van der Waals surface area (Å²) in [7, 11) is 0. The van der Waals surface area contributed by atoms with Crippen LogP contribution in [0.1, 0.15) is 57.2 Å². The van der Waals surface area contributed by atoms with Gasteiger partial charge in [-0.15, -0.1) is 0 Å². The van der Waals surface area contributed by atoms with E-state index in [9.17, 15) is 0 Å². The highest BCUT2D eigenvalue weighted by atomic mass is 15.1. The van der Waals surface area contributed by atoms with Crippen molar-refractivity contribution >= 4 is 0 Å². The third-order valence-corrected chi connectivity index (χ3v) is 5.16. The number of likely N-dealkylation sites (tertiary alicyclic amines) is 1. The third-order valence-electron chi connectivity index (χ3n) is 5.16. The molecule has 1 atom stereocenters. The summed E-state index contributed by atoms with van der Waals surface area (Å²) >= 11 is 0. The van der Waals surface area contributed by atoms with Gasteiger partial charge in [0.2, 0.25) is 0 Å². The van der Waals surface area contributed by atoms with E-state index in [-0.39, 0.29) is 6.04 Å². The van der Waals surface area contributed by atoms with Gasteiger partial charge in [-0.3, -0.25) is 0 Å². The molecule has 0 saturated carbocycles. The van der Waals surface area contributed by atoms with Crippen LogP contribution in [0.3, 0.4) is 0 Å². The number of piperidine rings is 1. The lowest BCUT2D eigenvalue weighted by Crippen LogP contribution is -2.39. The molecule has 0 aromatic heterocycles. The zero-order chi connectivity index (χ0) is 15.5. The fourth-order valence-corrected chi connectivity index (χ4v) is 3.50. The molecule has 1 aromatic rings. The monoisotopic (exact) mass is 288 g/mol. The van der Waals surface area contributed by atoms with Gasteiger partial charge >= 0.3 is 0 Å². The van der Waals surface area contributed by atoms with E-state index in [0.717, 1.165) is 18.9 Å². The minimum Gasteiger partial charge on any atom is -0.324 e. The van der Waals surface area contributed by atoms with Gasteiger partial charge in [0, 0.05) is 6.04 Å². The summed E-state index contributed by atoms with van der Waals surface area (Å²) in [6.45, 7) is 12.9. The molecule has 2 nitrogen and oxygen atoms in total. The van der Waals surface area contributed by atoms with Crippen LogP contribution < -0.4 is 5.73 Å². The van der Waals surface area contributed by atoms with Crippen molar-refractivity contribution in [3.05, 3.63) is 35.4 Å². The molecule has 1 fully saturated rings. The zero-order valence-electron chi connectivity index (χ0n) is 14.2. The van der Waals surface area contributed by atoms with Gasteiger partial charge in [0.1, 0.15) is 0 Å². The second kappa shape index (κ2) is 6.93. The van der Waals surface area contributed by atoms with Gasteiger partial charge < -0.3 is 10.6 Å². The third kappa shape index (κ3) is 4.55. The lowest BCUT2D eigenvalue weighted by Gasteiger charge is -2.39. The smallest absolute Gasteiger partial charge is 0.0309 e. The molecule has 0 amide bonds. The fraction of sp³-hybridized carbons (Fsp3) is 0.684. The first-order valence-corrected chi connectivity index (χ1v) is 8.41. The molecule has 2 heteroatoms. The van der Waals surface area contributed by atoms with E-state index in [4.69, 9.17) is 5.73 Å². The molecule has 21 heavy (non-hydrogen) atoms. The van der Waals surface area contributed by atoms with E-state index in [0.29, 0.717) is 5.41 Å². The molecule has 0 aliphatic carbocycles. The zero-order valence-corrected chi connectivity index (χ0v) is 14.2. The molecule has 0 bridgehead atoms. The molecular weight excluding hydrogens is 256 g/mol. The molecule has 1 aromatic carbocycles. The summed E-state index contributed by atoms with van der Waals surface area (Å²) in [5, 5.41) is 0. The van der Waals surface area contributed by atoms with E-state index < -0.39 is 0 Å². The standard InChI is InChI=1S/C19H32N2/c1-15-7-5-6-8-17(15)18(20)11-14-21-12-9-16(10-13-21)19(2,3)4/h5-8,16,18H,9-14,20H2,1-4H3. The van der Waals surface area contributed by atoms with Crippen LogP contribution in [0.25, 0.3) is 0 Å². The minimum absolute atomic E-state index is 0.173. The summed E-state index contributed by atoms with van der Waals surface area (Å²) in [4.78, 5) is 2.60. The van der Waals surface area contributed by atoms with E-state index in [1.165, 1.54) is 37.1 Å². The van der Waals surface area contributed by atoms with Crippen LogP contribution in [0.5, 0.6) is 0 Å². The van der Waals surface area contributed by atoms with Crippen molar-refractivity contribution in [2.24, 2.45) is 17.1 Å². The lowest BCUT2D eigenvalue weighted by molar-refractivity contribution is 0.110. The van der Waals surface area contributed by atoms with Crippen molar-refractivity contribution in [1.29, 1.82) is 0 Å². The van der Waals surface area contributed by atoms with E-state index >= 15 is 0 Å². The molecule has 1 aliphatic heterocycles. The first-order chi connectivity index (χ1) is 9.88. The average Bonchev–Trinajstić information content (AvgIpc) is 2.45. The van der Waals surface area contributed by atoms with Crippen LogP contribution in [0.15, 0.2) is 24.3 Å². The molecule has 1 aliphatic rings. The number of hydrogen-bond donors (Lipinski definition) is 1. The Morgan fingerprint density at radius 2 is 1.81 bits per heavy atom. The quantitative estimate of drug-likeness (QED) is 0.902. The second-order valence-corrected chi connectivity index (χ2v) is 7.73. The largest absolute Gasteiger partial charge is 0.324 e. The number of aryl methyl sites for hydroxylation is 1. The highest BCUT2D eigenvalue weighted by Gasteiger charge is 2.28. The van der Waals surface area contributed by atoms with Gasteiger partial charge in [-0.1, -0.05) is 45.0 Å². The molecule has 1 heterocycles. The SMILES string of the molecule is Cc1ccccc1C(N)CCN1CCC(C(C)(C)C)CC1. The Balaban J connectivity index is 1.79. The molecular formula is C19H32N2. The van der Waals surface area contributed by atoms with E-state index in [1.54, 1.807) is 0 Å². The summed E-state index contributed by atoms with van der Waals surface area (Å²) < 4.78 is 0. The molecule has 2 N–H and O–H groups in total. The highest BCUT2D eigenvalue weighted by molar-refractivity contribution is 5.28. The van der Waals surface area contributed by atoms with E-state index in [2.05, 4.69) is 56.9 Å². The number of hydrogen-bond acceptors (Lipinski definition) is 2. The maximum absolute atomic E-state index is 6.38. The number of nitrogens with zero attached hydrogens (tertiary/aromatic N) is 1. The predicted molar refractivity (Wildman–Crippen MR) is 91.3 cm³/mol. The number of nitrogens with two attached hydrogens (primary N) is 1. The number of rotatable bonds is 4. The van der Waals surface area contributed by atoms with Crippen molar-refractivity contribution in [1.82, 2.24) is 4.90 Å². The number of benzene rings is 1. The van der Waals surface area contributed by atoms with Crippen LogP contribution >= 0.6 is 0 Å². The van der Waals surface area contributed by atoms with Crippen LogP contribution in [-0.4, -0.2) is 24.5 Å². The van der Waals surface area contributed by atoms with Crippen molar-refractivity contribution in [2.75, 3.05) is 19.6 Å². The van der Waals surface area contributed by atoms with Crippen molar-refractivity contribution in [3.63, 3.8) is 0 Å². The molecule has 1 saturated heterocycles. The second-order valence-electron chi connectivity index (χ2n) is 7.73. The Bertz CT molecular complexity index is 439. The summed E-state index contributed by atoms with van der Waals surface area (Å²) in [6.07, 6.45) is 3.73. The van der Waals surface area contributed by atoms with Gasteiger partial charge in [-0.05, 0) is 68.3 Å². The van der Waals surface area contributed by atoms with Crippen molar-refractivity contribution in [2.45, 2.75) is 53.0 Å². The summed E-state index contributed by atoms with van der Waals surface area (Å²) in [6, 6.07) is 8.68. The van der Waals surface area contributed by atoms with Crippen molar-refractivity contribution in [3.8, 4) is 0 Å². The molecule has 0 spiro atoms. The summed E-state index contributed by atoms with van der Waals surface area (Å²) in [5.74, 6) is 0.874. The topological polar surface area (TPSA) is 29.3 Å². The lowest BCUT2D eigenvalue weighted by atomic mass is 9.75. The Morgan fingerprint density at radius 3 is 2.38 bits per heavy atom. The highest BCUT2D eigenvalue weighted by Crippen LogP contribution is 2.34. The Morgan fingerprint density at radius 1 is 1.19 bits per heavy atom. The van der Waals surface area contributed by atoms with Gasteiger partial charge in [0.15, 0.2) is 0 Å². The van der Waals surface area contributed by atoms with Crippen LogP contribution in [0.2, 0.25) is 0 Å². The Labute approximate surface area is 130 Å². The van der Waals surface area contributed by atoms with Crippen molar-refractivity contribution < 1.29 is 0 Å². The van der Waals surface area contributed by atoms with Crippen LogP contribution in [0, 0.1) is 18.3 Å². The Kier molecular flexibility index (Phi) is 5.45. The summed E-state index contributed by atoms with van der Waals surface area (Å²) in [5.41, 5.74) is 9.47.